The molecule has 1 aromatic carbocycles. The van der Waals surface area contributed by atoms with Crippen molar-refractivity contribution in [1.29, 1.82) is 0 Å². The van der Waals surface area contributed by atoms with E-state index < -0.39 is 10.0 Å². The zero-order valence-corrected chi connectivity index (χ0v) is 19.0. The molecular formula is C22H30N2O5S. The highest BCUT2D eigenvalue weighted by Crippen LogP contribution is 2.37. The van der Waals surface area contributed by atoms with Gasteiger partial charge in [0, 0.05) is 37.1 Å². The van der Waals surface area contributed by atoms with Gasteiger partial charge < -0.3 is 14.1 Å². The second-order valence-electron chi connectivity index (χ2n) is 8.57. The largest absolute Gasteiger partial charge is 0.449 e. The van der Waals surface area contributed by atoms with Crippen LogP contribution < -0.4 is 0 Å². The lowest BCUT2D eigenvalue weighted by Crippen LogP contribution is -2.40. The van der Waals surface area contributed by atoms with Crippen LogP contribution in [0.1, 0.15) is 47.0 Å². The number of furan rings is 1. The van der Waals surface area contributed by atoms with Crippen LogP contribution >= 0.6 is 0 Å². The maximum absolute atomic E-state index is 13.6. The van der Waals surface area contributed by atoms with Gasteiger partial charge in [-0.2, -0.15) is 4.31 Å². The van der Waals surface area contributed by atoms with Crippen molar-refractivity contribution in [3.05, 3.63) is 28.5 Å². The number of benzene rings is 1. The van der Waals surface area contributed by atoms with E-state index in [0.29, 0.717) is 67.4 Å². The minimum Gasteiger partial charge on any atom is -0.449 e. The second kappa shape index (κ2) is 7.98. The SMILES string of the molecule is Cc1cc2c(C)c(C(=O)N3CCOCC3)oc2c(S(=O)(=O)N2CCC(C)CC2)c1C. The Morgan fingerprint density at radius 3 is 2.30 bits per heavy atom. The monoisotopic (exact) mass is 434 g/mol. The van der Waals surface area contributed by atoms with Gasteiger partial charge in [-0.3, -0.25) is 4.79 Å². The summed E-state index contributed by atoms with van der Waals surface area (Å²) in [5, 5.41) is 0.693. The van der Waals surface area contributed by atoms with Crippen LogP contribution in [-0.2, 0) is 14.8 Å². The number of piperidine rings is 1. The van der Waals surface area contributed by atoms with Gasteiger partial charge in [-0.25, -0.2) is 8.42 Å². The quantitative estimate of drug-likeness (QED) is 0.741. The average Bonchev–Trinajstić information content (AvgIpc) is 3.05. The Morgan fingerprint density at radius 2 is 1.67 bits per heavy atom. The lowest BCUT2D eigenvalue weighted by atomic mass is 10.0. The smallest absolute Gasteiger partial charge is 0.290 e. The molecule has 0 aliphatic carbocycles. The molecule has 8 heteroatoms. The summed E-state index contributed by atoms with van der Waals surface area (Å²) >= 11 is 0. The molecule has 0 N–H and O–H groups in total. The first-order valence-electron chi connectivity index (χ1n) is 10.6. The van der Waals surface area contributed by atoms with E-state index in [1.807, 2.05) is 26.8 Å². The molecule has 1 aromatic heterocycles. The summed E-state index contributed by atoms with van der Waals surface area (Å²) in [7, 11) is -3.72. The zero-order valence-electron chi connectivity index (χ0n) is 18.2. The highest BCUT2D eigenvalue weighted by molar-refractivity contribution is 7.89. The Bertz CT molecular complexity index is 1070. The molecule has 1 amide bonds. The molecule has 30 heavy (non-hydrogen) atoms. The number of carbonyl (C=O) groups excluding carboxylic acids is 1. The van der Waals surface area contributed by atoms with E-state index in [-0.39, 0.29) is 16.6 Å². The summed E-state index contributed by atoms with van der Waals surface area (Å²) in [6.07, 6.45) is 1.70. The summed E-state index contributed by atoms with van der Waals surface area (Å²) in [4.78, 5) is 15.0. The minimum absolute atomic E-state index is 0.205. The van der Waals surface area contributed by atoms with Gasteiger partial charge in [0.2, 0.25) is 10.0 Å². The van der Waals surface area contributed by atoms with Crippen molar-refractivity contribution in [2.45, 2.75) is 45.4 Å². The van der Waals surface area contributed by atoms with Gasteiger partial charge in [-0.15, -0.1) is 0 Å². The van der Waals surface area contributed by atoms with Crippen molar-refractivity contribution in [3.8, 4) is 0 Å². The Kier molecular flexibility index (Phi) is 5.67. The van der Waals surface area contributed by atoms with Crippen LogP contribution in [0.5, 0.6) is 0 Å². The van der Waals surface area contributed by atoms with Gasteiger partial charge in [-0.1, -0.05) is 6.92 Å². The molecule has 0 unspecified atom stereocenters. The summed E-state index contributed by atoms with van der Waals surface area (Å²) in [5.74, 6) is 0.539. The fourth-order valence-electron chi connectivity index (χ4n) is 4.32. The van der Waals surface area contributed by atoms with Crippen molar-refractivity contribution in [2.75, 3.05) is 39.4 Å². The van der Waals surface area contributed by atoms with Gasteiger partial charge in [0.25, 0.3) is 5.91 Å². The maximum Gasteiger partial charge on any atom is 0.290 e. The fraction of sp³-hybridized carbons (Fsp3) is 0.591. The van der Waals surface area contributed by atoms with Crippen molar-refractivity contribution in [3.63, 3.8) is 0 Å². The number of amides is 1. The molecular weight excluding hydrogens is 404 g/mol. The van der Waals surface area contributed by atoms with E-state index in [9.17, 15) is 13.2 Å². The summed E-state index contributed by atoms with van der Waals surface area (Å²) in [6.45, 7) is 10.7. The minimum atomic E-state index is -3.72. The van der Waals surface area contributed by atoms with Gasteiger partial charge in [0.15, 0.2) is 11.3 Å². The van der Waals surface area contributed by atoms with E-state index in [1.165, 1.54) is 0 Å². The lowest BCUT2D eigenvalue weighted by Gasteiger charge is -2.30. The number of morpholine rings is 1. The fourth-order valence-corrected chi connectivity index (χ4v) is 6.21. The normalized spacial score (nSPS) is 19.5. The molecule has 2 saturated heterocycles. The topological polar surface area (TPSA) is 80.1 Å². The molecule has 2 aliphatic rings. The van der Waals surface area contributed by atoms with Gasteiger partial charge in [0.05, 0.1) is 13.2 Å². The first kappa shape index (κ1) is 21.3. The number of hydrogen-bond acceptors (Lipinski definition) is 5. The first-order chi connectivity index (χ1) is 14.2. The summed E-state index contributed by atoms with van der Waals surface area (Å²) in [6, 6.07) is 1.93. The van der Waals surface area contributed by atoms with Crippen molar-refractivity contribution < 1.29 is 22.4 Å². The molecule has 0 bridgehead atoms. The van der Waals surface area contributed by atoms with Gasteiger partial charge in [-0.05, 0) is 56.7 Å². The predicted molar refractivity (Wildman–Crippen MR) is 114 cm³/mol. The Labute approximate surface area is 178 Å². The van der Waals surface area contributed by atoms with Crippen LogP contribution in [0.4, 0.5) is 0 Å². The molecule has 2 aromatic rings. The Morgan fingerprint density at radius 1 is 1.03 bits per heavy atom. The second-order valence-corrected chi connectivity index (χ2v) is 10.4. The van der Waals surface area contributed by atoms with Crippen LogP contribution in [0.2, 0.25) is 0 Å². The number of rotatable bonds is 3. The van der Waals surface area contributed by atoms with E-state index >= 15 is 0 Å². The molecule has 7 nitrogen and oxygen atoms in total. The molecule has 3 heterocycles. The van der Waals surface area contributed by atoms with Crippen LogP contribution in [0, 0.1) is 26.7 Å². The number of nitrogens with zero attached hydrogens (tertiary/aromatic N) is 2. The average molecular weight is 435 g/mol. The number of fused-ring (bicyclic) bond motifs is 1. The molecule has 2 fully saturated rings. The highest BCUT2D eigenvalue weighted by atomic mass is 32.2. The zero-order chi connectivity index (χ0) is 21.6. The molecule has 4 rings (SSSR count). The van der Waals surface area contributed by atoms with Crippen LogP contribution in [-0.4, -0.2) is 62.9 Å². The third kappa shape index (κ3) is 3.55. The Hall–Kier alpha value is -1.90. The Balaban J connectivity index is 1.83. The number of carbonyl (C=O) groups is 1. The molecule has 2 aliphatic heterocycles. The first-order valence-corrected chi connectivity index (χ1v) is 12.1. The number of hydrogen-bond donors (Lipinski definition) is 0. The van der Waals surface area contributed by atoms with Crippen molar-refractivity contribution in [1.82, 2.24) is 9.21 Å². The van der Waals surface area contributed by atoms with E-state index in [2.05, 4.69) is 6.92 Å². The number of aryl methyl sites for hydroxylation is 2. The standard InChI is InChI=1S/C22H30N2O5S/c1-14-5-7-24(8-6-14)30(26,27)21-16(3)15(2)13-18-17(4)19(29-20(18)21)22(25)23-9-11-28-12-10-23/h13-14H,5-12H2,1-4H3. The maximum atomic E-state index is 13.6. The van der Waals surface area contributed by atoms with Crippen LogP contribution in [0.25, 0.3) is 11.0 Å². The van der Waals surface area contributed by atoms with E-state index in [1.54, 1.807) is 9.21 Å². The third-order valence-corrected chi connectivity index (χ3v) is 8.58. The van der Waals surface area contributed by atoms with Crippen molar-refractivity contribution in [2.24, 2.45) is 5.92 Å². The van der Waals surface area contributed by atoms with Gasteiger partial charge in [0.1, 0.15) is 4.90 Å². The third-order valence-electron chi connectivity index (χ3n) is 6.53. The molecule has 0 atom stereocenters. The molecule has 0 saturated carbocycles. The van der Waals surface area contributed by atoms with Gasteiger partial charge >= 0.3 is 0 Å². The summed E-state index contributed by atoms with van der Waals surface area (Å²) < 4.78 is 40.2. The van der Waals surface area contributed by atoms with E-state index in [4.69, 9.17) is 9.15 Å². The number of sulfonamides is 1. The number of ether oxygens (including phenoxy) is 1. The van der Waals surface area contributed by atoms with E-state index in [0.717, 1.165) is 18.4 Å². The molecule has 0 radical (unpaired) electrons. The lowest BCUT2D eigenvalue weighted by molar-refractivity contribution is 0.0283. The van der Waals surface area contributed by atoms with Crippen LogP contribution in [0.15, 0.2) is 15.4 Å². The highest BCUT2D eigenvalue weighted by Gasteiger charge is 2.34. The predicted octanol–water partition coefficient (Wildman–Crippen LogP) is 3.25. The molecule has 164 valence electrons. The van der Waals surface area contributed by atoms with Crippen LogP contribution in [0.3, 0.4) is 0 Å². The molecule has 0 spiro atoms. The summed E-state index contributed by atoms with van der Waals surface area (Å²) in [5.41, 5.74) is 2.54. The van der Waals surface area contributed by atoms with Crippen molar-refractivity contribution >= 4 is 26.9 Å².